The van der Waals surface area contributed by atoms with Crippen LogP contribution in [0.4, 0.5) is 5.69 Å². The Kier molecular flexibility index (Phi) is 10.8. The number of ether oxygens (including phenoxy) is 2. The molecule has 1 heterocycles. The summed E-state index contributed by atoms with van der Waals surface area (Å²) in [6.45, 7) is 7.55. The van der Waals surface area contributed by atoms with Gasteiger partial charge in [0, 0.05) is 37.5 Å². The topological polar surface area (TPSA) is 108 Å². The standard InChI is InChI=1S/C27H41NO6/c1-16-10-20-13-21(15-22(29)14-20)28-27(32)17(2)8-7-9-23(33-5)25(30)18(3)12-19(4)26(31)24(11-16)34-6/h8,12-16,19,23-26,29-31H,7,9-11H2,1-6H3,(H,28,32)/b17-8-,18-12-/t16-,19?,23+,24+,25+,26+/m1/s1. The molecule has 4 N–H and O–H groups in total. The van der Waals surface area contributed by atoms with Crippen molar-refractivity contribution in [1.29, 1.82) is 0 Å². The summed E-state index contributed by atoms with van der Waals surface area (Å²) in [5.41, 5.74) is 2.69. The van der Waals surface area contributed by atoms with Gasteiger partial charge >= 0.3 is 0 Å². The molecule has 1 aliphatic rings. The molecule has 190 valence electrons. The third-order valence-electron chi connectivity index (χ3n) is 6.58. The maximum absolute atomic E-state index is 12.7. The number of hydrogen-bond donors (Lipinski definition) is 4. The number of aliphatic hydroxyl groups is 2. The Balaban J connectivity index is 2.39. The fourth-order valence-electron chi connectivity index (χ4n) is 4.56. The van der Waals surface area contributed by atoms with Crippen LogP contribution in [-0.2, 0) is 20.7 Å². The third kappa shape index (κ3) is 7.94. The smallest absolute Gasteiger partial charge is 0.250 e. The number of phenols is 1. The lowest BCUT2D eigenvalue weighted by Gasteiger charge is -2.29. The van der Waals surface area contributed by atoms with Crippen LogP contribution in [0.5, 0.6) is 5.75 Å². The van der Waals surface area contributed by atoms with Gasteiger partial charge in [-0.15, -0.1) is 0 Å². The van der Waals surface area contributed by atoms with Crippen molar-refractivity contribution in [2.45, 2.75) is 77.8 Å². The van der Waals surface area contributed by atoms with Crippen LogP contribution in [0.15, 0.2) is 41.5 Å². The van der Waals surface area contributed by atoms with Gasteiger partial charge in [-0.3, -0.25) is 4.79 Å². The van der Waals surface area contributed by atoms with Crippen LogP contribution in [0.1, 0.15) is 52.5 Å². The molecule has 0 aromatic heterocycles. The van der Waals surface area contributed by atoms with E-state index in [9.17, 15) is 20.1 Å². The van der Waals surface area contributed by atoms with E-state index in [2.05, 4.69) is 12.2 Å². The van der Waals surface area contributed by atoms with E-state index in [1.165, 1.54) is 6.07 Å². The summed E-state index contributed by atoms with van der Waals surface area (Å²) in [7, 11) is 3.15. The summed E-state index contributed by atoms with van der Waals surface area (Å²) < 4.78 is 11.2. The second-order valence-corrected chi connectivity index (χ2v) is 9.61. The van der Waals surface area contributed by atoms with Gasteiger partial charge in [0.25, 0.3) is 5.91 Å². The van der Waals surface area contributed by atoms with Crippen LogP contribution in [0.2, 0.25) is 0 Å². The molecule has 0 saturated carbocycles. The van der Waals surface area contributed by atoms with Gasteiger partial charge in [0.1, 0.15) is 11.9 Å². The zero-order chi connectivity index (χ0) is 25.4. The molecule has 0 fully saturated rings. The zero-order valence-corrected chi connectivity index (χ0v) is 21.2. The fraction of sp³-hybridized carbons (Fsp3) is 0.593. The molecule has 7 nitrogen and oxygen atoms in total. The van der Waals surface area contributed by atoms with E-state index < -0.39 is 24.4 Å². The van der Waals surface area contributed by atoms with E-state index >= 15 is 0 Å². The first-order valence-electron chi connectivity index (χ1n) is 12.0. The predicted molar refractivity (Wildman–Crippen MR) is 134 cm³/mol. The van der Waals surface area contributed by atoms with Gasteiger partial charge in [-0.05, 0) is 68.7 Å². The Labute approximate surface area is 203 Å². The minimum absolute atomic E-state index is 0.0852. The Hall–Kier alpha value is -2.19. The number of hydrogen-bond acceptors (Lipinski definition) is 6. The van der Waals surface area contributed by atoms with E-state index in [4.69, 9.17) is 9.47 Å². The molecule has 1 unspecified atom stereocenters. The number of phenolic OH excluding ortho intramolecular Hbond substituents is 1. The number of anilines is 1. The number of nitrogens with one attached hydrogen (secondary N) is 1. The van der Waals surface area contributed by atoms with Gasteiger partial charge in [-0.1, -0.05) is 26.0 Å². The number of allylic oxidation sites excluding steroid dienone is 1. The lowest BCUT2D eigenvalue weighted by Crippen LogP contribution is -2.35. The van der Waals surface area contributed by atoms with Crippen molar-refractivity contribution in [3.63, 3.8) is 0 Å². The van der Waals surface area contributed by atoms with E-state index in [0.29, 0.717) is 36.9 Å². The average Bonchev–Trinajstić information content (AvgIpc) is 2.78. The number of rotatable bonds is 2. The van der Waals surface area contributed by atoms with Crippen molar-refractivity contribution in [1.82, 2.24) is 0 Å². The van der Waals surface area contributed by atoms with Gasteiger partial charge in [0.05, 0.1) is 18.3 Å². The lowest BCUT2D eigenvalue weighted by atomic mass is 9.88. The zero-order valence-electron chi connectivity index (χ0n) is 21.2. The van der Waals surface area contributed by atoms with E-state index in [-0.39, 0.29) is 23.5 Å². The van der Waals surface area contributed by atoms with E-state index in [1.807, 2.05) is 32.1 Å². The summed E-state index contributed by atoms with van der Waals surface area (Å²) in [5.74, 6) is -0.247. The molecule has 1 amide bonds. The van der Waals surface area contributed by atoms with Crippen molar-refractivity contribution in [2.75, 3.05) is 19.5 Å². The lowest BCUT2D eigenvalue weighted by molar-refractivity contribution is -0.112. The molecule has 2 bridgehead atoms. The highest BCUT2D eigenvalue weighted by Gasteiger charge is 2.27. The molecular formula is C27H41NO6. The maximum atomic E-state index is 12.7. The fourth-order valence-corrected chi connectivity index (χ4v) is 4.56. The minimum Gasteiger partial charge on any atom is -0.508 e. The van der Waals surface area contributed by atoms with Gasteiger partial charge in [-0.25, -0.2) is 0 Å². The SMILES string of the molecule is CO[C@H]1CC/C=C(/C)C(=O)Nc2cc(O)cc(c2)C[C@@H](C)C[C@H](OC)[C@@H](O)C(C)/C=C(/C)[C@@H]1O. The third-order valence-corrected chi connectivity index (χ3v) is 6.58. The first-order chi connectivity index (χ1) is 16.0. The van der Waals surface area contributed by atoms with Gasteiger partial charge in [0.15, 0.2) is 0 Å². The number of fused-ring (bicyclic) bond motifs is 2. The van der Waals surface area contributed by atoms with E-state index in [0.717, 1.165) is 11.1 Å². The van der Waals surface area contributed by atoms with Crippen LogP contribution in [0.3, 0.4) is 0 Å². The minimum atomic E-state index is -0.825. The quantitative estimate of drug-likeness (QED) is 0.482. The molecule has 1 aromatic rings. The maximum Gasteiger partial charge on any atom is 0.250 e. The monoisotopic (exact) mass is 475 g/mol. The van der Waals surface area contributed by atoms with Crippen LogP contribution < -0.4 is 5.32 Å². The molecule has 1 aromatic carbocycles. The van der Waals surface area contributed by atoms with Crippen LogP contribution in [0, 0.1) is 11.8 Å². The Morgan fingerprint density at radius 2 is 1.71 bits per heavy atom. The van der Waals surface area contributed by atoms with Gasteiger partial charge in [-0.2, -0.15) is 0 Å². The summed E-state index contributed by atoms with van der Waals surface area (Å²) in [4.78, 5) is 12.7. The van der Waals surface area contributed by atoms with Crippen molar-refractivity contribution in [3.8, 4) is 5.75 Å². The number of benzene rings is 1. The molecule has 0 radical (unpaired) electrons. The normalized spacial score (nSPS) is 33.4. The highest BCUT2D eigenvalue weighted by atomic mass is 16.5. The molecule has 1 aliphatic heterocycles. The highest BCUT2D eigenvalue weighted by molar-refractivity contribution is 6.03. The second-order valence-electron chi connectivity index (χ2n) is 9.61. The summed E-state index contributed by atoms with van der Waals surface area (Å²) in [6, 6.07) is 5.08. The molecule has 7 heteroatoms. The number of aliphatic hydroxyl groups excluding tert-OH is 2. The van der Waals surface area contributed by atoms with Crippen LogP contribution in [-0.4, -0.2) is 59.9 Å². The summed E-state index contributed by atoms with van der Waals surface area (Å²) >= 11 is 0. The van der Waals surface area contributed by atoms with Crippen LogP contribution >= 0.6 is 0 Å². The summed E-state index contributed by atoms with van der Waals surface area (Å²) in [6.07, 6.45) is 3.62. The highest BCUT2D eigenvalue weighted by Crippen LogP contribution is 2.27. The number of carbonyl (C=O) groups is 1. The number of amides is 1. The first-order valence-corrected chi connectivity index (χ1v) is 12.0. The van der Waals surface area contributed by atoms with Crippen molar-refractivity contribution < 1.29 is 29.6 Å². The number of methoxy groups -OCH3 is 2. The van der Waals surface area contributed by atoms with Crippen molar-refractivity contribution in [3.05, 3.63) is 47.1 Å². The Morgan fingerprint density at radius 3 is 2.35 bits per heavy atom. The number of aromatic hydroxyl groups is 1. The molecular weight excluding hydrogens is 434 g/mol. The molecule has 0 spiro atoms. The Morgan fingerprint density at radius 1 is 1.03 bits per heavy atom. The average molecular weight is 476 g/mol. The summed E-state index contributed by atoms with van der Waals surface area (Å²) in [5, 5.41) is 34.9. The van der Waals surface area contributed by atoms with Crippen molar-refractivity contribution in [2.24, 2.45) is 11.8 Å². The molecule has 2 rings (SSSR count). The predicted octanol–water partition coefficient (Wildman–Crippen LogP) is 3.97. The first kappa shape index (κ1) is 28.1. The molecule has 34 heavy (non-hydrogen) atoms. The van der Waals surface area contributed by atoms with Gasteiger partial charge < -0.3 is 30.1 Å². The molecule has 6 atom stereocenters. The van der Waals surface area contributed by atoms with E-state index in [1.54, 1.807) is 27.2 Å². The number of carbonyl (C=O) groups excluding carboxylic acids is 1. The Bertz CT molecular complexity index is 880. The van der Waals surface area contributed by atoms with Gasteiger partial charge in [0.2, 0.25) is 0 Å². The molecule has 0 saturated heterocycles. The largest absolute Gasteiger partial charge is 0.508 e. The van der Waals surface area contributed by atoms with Crippen LogP contribution in [0.25, 0.3) is 0 Å². The van der Waals surface area contributed by atoms with Crippen molar-refractivity contribution >= 4 is 11.6 Å². The second kappa shape index (κ2) is 13.0. The molecule has 0 aliphatic carbocycles.